The topological polar surface area (TPSA) is 85.7 Å². The molecule has 0 aliphatic carbocycles. The SMILES string of the molecule is N=C(N)N1CCC(c2ccc(F)cc2O)=N1. The molecule has 1 aromatic rings. The number of aromatic hydroxyl groups is 1. The Morgan fingerprint density at radius 2 is 2.31 bits per heavy atom. The van der Waals surface area contributed by atoms with Crippen LogP contribution in [0.5, 0.6) is 5.75 Å². The predicted octanol–water partition coefficient (Wildman–Crippen LogP) is 0.835. The summed E-state index contributed by atoms with van der Waals surface area (Å²) in [7, 11) is 0. The first kappa shape index (κ1) is 10.4. The van der Waals surface area contributed by atoms with Crippen molar-refractivity contribution in [3.05, 3.63) is 29.6 Å². The highest BCUT2D eigenvalue weighted by atomic mass is 19.1. The van der Waals surface area contributed by atoms with E-state index in [4.69, 9.17) is 11.1 Å². The van der Waals surface area contributed by atoms with Crippen LogP contribution in [0.25, 0.3) is 0 Å². The van der Waals surface area contributed by atoms with Crippen LogP contribution in [0.2, 0.25) is 0 Å². The Bertz CT molecular complexity index is 472. The summed E-state index contributed by atoms with van der Waals surface area (Å²) < 4.78 is 12.8. The molecule has 4 N–H and O–H groups in total. The number of nitrogens with zero attached hydrogens (tertiary/aromatic N) is 2. The van der Waals surface area contributed by atoms with Crippen molar-refractivity contribution >= 4 is 11.7 Å². The van der Waals surface area contributed by atoms with Crippen LogP contribution in [0.1, 0.15) is 12.0 Å². The number of nitrogens with one attached hydrogen (secondary N) is 1. The molecular formula is C10H11FN4O. The van der Waals surface area contributed by atoms with Crippen LogP contribution in [-0.4, -0.2) is 28.3 Å². The van der Waals surface area contributed by atoms with Gasteiger partial charge < -0.3 is 10.8 Å². The quantitative estimate of drug-likeness (QED) is 0.486. The summed E-state index contributed by atoms with van der Waals surface area (Å²) in [5.74, 6) is -0.788. The summed E-state index contributed by atoms with van der Waals surface area (Å²) in [6, 6.07) is 3.76. The Hall–Kier alpha value is -2.11. The van der Waals surface area contributed by atoms with E-state index in [2.05, 4.69) is 5.10 Å². The molecule has 1 aliphatic rings. The van der Waals surface area contributed by atoms with Crippen LogP contribution in [0.3, 0.4) is 0 Å². The molecule has 1 heterocycles. The molecule has 1 aliphatic heterocycles. The first-order valence-corrected chi connectivity index (χ1v) is 4.76. The molecule has 16 heavy (non-hydrogen) atoms. The third kappa shape index (κ3) is 1.81. The van der Waals surface area contributed by atoms with E-state index < -0.39 is 5.82 Å². The zero-order chi connectivity index (χ0) is 11.7. The summed E-state index contributed by atoms with van der Waals surface area (Å²) in [6.07, 6.45) is 0.568. The van der Waals surface area contributed by atoms with Gasteiger partial charge in [0.2, 0.25) is 5.96 Å². The van der Waals surface area contributed by atoms with E-state index in [0.717, 1.165) is 6.07 Å². The van der Waals surface area contributed by atoms with E-state index in [0.29, 0.717) is 24.2 Å². The van der Waals surface area contributed by atoms with E-state index in [-0.39, 0.29) is 11.7 Å². The number of guanidine groups is 1. The fraction of sp³-hybridized carbons (Fsp3) is 0.200. The average Bonchev–Trinajstić information content (AvgIpc) is 2.66. The van der Waals surface area contributed by atoms with E-state index in [1.54, 1.807) is 0 Å². The Kier molecular flexibility index (Phi) is 2.47. The summed E-state index contributed by atoms with van der Waals surface area (Å²) >= 11 is 0. The van der Waals surface area contributed by atoms with Crippen molar-refractivity contribution in [3.63, 3.8) is 0 Å². The fourth-order valence-electron chi connectivity index (χ4n) is 1.57. The minimum Gasteiger partial charge on any atom is -0.507 e. The molecule has 0 aromatic heterocycles. The summed E-state index contributed by atoms with van der Waals surface area (Å²) in [5, 5.41) is 22.2. The molecule has 0 atom stereocenters. The van der Waals surface area contributed by atoms with Gasteiger partial charge in [-0.1, -0.05) is 0 Å². The van der Waals surface area contributed by atoms with Gasteiger partial charge in [-0.2, -0.15) is 5.10 Å². The molecule has 0 radical (unpaired) electrons. The number of nitrogens with two attached hydrogens (primary N) is 1. The number of rotatable bonds is 1. The molecule has 0 fully saturated rings. The van der Waals surface area contributed by atoms with Crippen LogP contribution >= 0.6 is 0 Å². The standard InChI is InChI=1S/C10H11FN4O/c11-6-1-2-7(9(16)5-6)8-3-4-15(14-8)10(12)13/h1-2,5,16H,3-4H2,(H3,12,13). The summed E-state index contributed by atoms with van der Waals surface area (Å²) in [5.41, 5.74) is 6.36. The number of phenols is 1. The van der Waals surface area contributed by atoms with Gasteiger partial charge in [0.1, 0.15) is 11.6 Å². The summed E-state index contributed by atoms with van der Waals surface area (Å²) in [6.45, 7) is 0.501. The van der Waals surface area contributed by atoms with Crippen molar-refractivity contribution in [1.29, 1.82) is 5.41 Å². The molecule has 1 aromatic carbocycles. The van der Waals surface area contributed by atoms with Crippen LogP contribution in [-0.2, 0) is 0 Å². The molecule has 84 valence electrons. The molecule has 0 saturated carbocycles. The lowest BCUT2D eigenvalue weighted by Gasteiger charge is -2.08. The van der Waals surface area contributed by atoms with Gasteiger partial charge in [-0.15, -0.1) is 0 Å². The number of benzene rings is 1. The van der Waals surface area contributed by atoms with Crippen molar-refractivity contribution in [2.24, 2.45) is 10.8 Å². The van der Waals surface area contributed by atoms with Gasteiger partial charge in [0, 0.05) is 18.1 Å². The van der Waals surface area contributed by atoms with Crippen LogP contribution < -0.4 is 5.73 Å². The maximum Gasteiger partial charge on any atom is 0.209 e. The van der Waals surface area contributed by atoms with Gasteiger partial charge in [-0.05, 0) is 12.1 Å². The predicted molar refractivity (Wildman–Crippen MR) is 57.8 cm³/mol. The van der Waals surface area contributed by atoms with Crippen molar-refractivity contribution in [2.45, 2.75) is 6.42 Å². The maximum absolute atomic E-state index is 12.8. The number of halogens is 1. The zero-order valence-electron chi connectivity index (χ0n) is 8.44. The molecule has 2 rings (SSSR count). The van der Waals surface area contributed by atoms with E-state index in [9.17, 15) is 9.50 Å². The molecule has 5 nitrogen and oxygen atoms in total. The molecule has 0 spiro atoms. The minimum absolute atomic E-state index is 0.142. The molecular weight excluding hydrogens is 211 g/mol. The molecule has 0 amide bonds. The first-order valence-electron chi connectivity index (χ1n) is 4.76. The largest absolute Gasteiger partial charge is 0.507 e. The molecule has 0 unspecified atom stereocenters. The van der Waals surface area contributed by atoms with Crippen LogP contribution in [0.15, 0.2) is 23.3 Å². The van der Waals surface area contributed by atoms with Gasteiger partial charge >= 0.3 is 0 Å². The second-order valence-corrected chi connectivity index (χ2v) is 3.47. The molecule has 0 bridgehead atoms. The van der Waals surface area contributed by atoms with Crippen molar-refractivity contribution in [1.82, 2.24) is 5.01 Å². The smallest absolute Gasteiger partial charge is 0.209 e. The molecule has 0 saturated heterocycles. The van der Waals surface area contributed by atoms with Gasteiger partial charge in [0.05, 0.1) is 12.3 Å². The van der Waals surface area contributed by atoms with Gasteiger partial charge in [0.15, 0.2) is 0 Å². The third-order valence-corrected chi connectivity index (χ3v) is 2.35. The van der Waals surface area contributed by atoms with Crippen molar-refractivity contribution in [2.75, 3.05) is 6.54 Å². The lowest BCUT2D eigenvalue weighted by molar-refractivity contribution is 0.467. The van der Waals surface area contributed by atoms with Crippen molar-refractivity contribution in [3.8, 4) is 5.75 Å². The zero-order valence-corrected chi connectivity index (χ0v) is 8.44. The Morgan fingerprint density at radius 1 is 1.56 bits per heavy atom. The third-order valence-electron chi connectivity index (χ3n) is 2.35. The monoisotopic (exact) mass is 222 g/mol. The van der Waals surface area contributed by atoms with Gasteiger partial charge in [-0.3, -0.25) is 5.41 Å². The van der Waals surface area contributed by atoms with Crippen molar-refractivity contribution < 1.29 is 9.50 Å². The Balaban J connectivity index is 2.32. The highest BCUT2D eigenvalue weighted by molar-refractivity contribution is 6.04. The normalized spacial score (nSPS) is 15.1. The van der Waals surface area contributed by atoms with Crippen LogP contribution in [0.4, 0.5) is 4.39 Å². The number of phenolic OH excluding ortho intramolecular Hbond substituents is 1. The van der Waals surface area contributed by atoms with E-state index in [1.807, 2.05) is 0 Å². The number of hydrogen-bond donors (Lipinski definition) is 3. The fourth-order valence-corrected chi connectivity index (χ4v) is 1.57. The Morgan fingerprint density at radius 3 is 2.88 bits per heavy atom. The lowest BCUT2D eigenvalue weighted by atomic mass is 10.1. The number of hydrazone groups is 1. The second-order valence-electron chi connectivity index (χ2n) is 3.47. The summed E-state index contributed by atoms with van der Waals surface area (Å²) in [4.78, 5) is 0. The Labute approximate surface area is 91.5 Å². The van der Waals surface area contributed by atoms with E-state index >= 15 is 0 Å². The minimum atomic E-state index is -0.497. The maximum atomic E-state index is 12.8. The molecule has 6 heteroatoms. The number of hydrogen-bond acceptors (Lipinski definition) is 3. The first-order chi connectivity index (χ1) is 7.58. The average molecular weight is 222 g/mol. The van der Waals surface area contributed by atoms with E-state index in [1.165, 1.54) is 17.1 Å². The van der Waals surface area contributed by atoms with Crippen LogP contribution in [0, 0.1) is 11.2 Å². The second kappa shape index (κ2) is 3.80. The highest BCUT2D eigenvalue weighted by Gasteiger charge is 2.19. The highest BCUT2D eigenvalue weighted by Crippen LogP contribution is 2.23. The van der Waals surface area contributed by atoms with Gasteiger partial charge in [0.25, 0.3) is 0 Å². The van der Waals surface area contributed by atoms with Gasteiger partial charge in [-0.25, -0.2) is 9.40 Å². The lowest BCUT2D eigenvalue weighted by Crippen LogP contribution is -2.29.